The van der Waals surface area contributed by atoms with Crippen LogP contribution in [-0.4, -0.2) is 112 Å². The first-order valence-electron chi connectivity index (χ1n) is 12.2. The number of benzene rings is 1. The number of carbonyl (C=O) groups is 1. The van der Waals surface area contributed by atoms with Gasteiger partial charge in [0.1, 0.15) is 0 Å². The predicted molar refractivity (Wildman–Crippen MR) is 132 cm³/mol. The van der Waals surface area contributed by atoms with Crippen LogP contribution in [0, 0.1) is 20.8 Å². The zero-order chi connectivity index (χ0) is 24.0. The van der Waals surface area contributed by atoms with Crippen molar-refractivity contribution in [3.63, 3.8) is 0 Å². The van der Waals surface area contributed by atoms with Crippen molar-refractivity contribution in [2.75, 3.05) is 79.0 Å². The molecular formula is C24H41N5O3S. The number of amides is 1. The monoisotopic (exact) mass is 479 g/mol. The van der Waals surface area contributed by atoms with Gasteiger partial charge in [-0.1, -0.05) is 6.07 Å². The third-order valence-electron chi connectivity index (χ3n) is 6.93. The highest BCUT2D eigenvalue weighted by Crippen LogP contribution is 2.24. The van der Waals surface area contributed by atoms with E-state index in [1.165, 1.54) is 0 Å². The number of rotatable bonds is 9. The van der Waals surface area contributed by atoms with Gasteiger partial charge in [-0.2, -0.15) is 4.31 Å². The molecule has 2 aliphatic rings. The van der Waals surface area contributed by atoms with Crippen LogP contribution in [0.4, 0.5) is 0 Å². The lowest BCUT2D eigenvalue weighted by Gasteiger charge is -2.33. The number of nitrogens with one attached hydrogen (secondary N) is 1. The lowest BCUT2D eigenvalue weighted by molar-refractivity contribution is -0.131. The van der Waals surface area contributed by atoms with E-state index in [9.17, 15) is 13.2 Å². The van der Waals surface area contributed by atoms with Gasteiger partial charge in [0.25, 0.3) is 0 Å². The van der Waals surface area contributed by atoms with Crippen molar-refractivity contribution in [1.82, 2.24) is 24.3 Å². The Morgan fingerprint density at radius 3 is 2.24 bits per heavy atom. The van der Waals surface area contributed by atoms with Crippen LogP contribution in [0.25, 0.3) is 0 Å². The second-order valence-electron chi connectivity index (χ2n) is 9.49. The van der Waals surface area contributed by atoms with E-state index in [0.717, 1.165) is 68.9 Å². The summed E-state index contributed by atoms with van der Waals surface area (Å²) >= 11 is 0. The molecule has 0 aliphatic carbocycles. The van der Waals surface area contributed by atoms with E-state index >= 15 is 0 Å². The molecule has 9 heteroatoms. The van der Waals surface area contributed by atoms with E-state index in [1.807, 2.05) is 31.7 Å². The fourth-order valence-corrected chi connectivity index (χ4v) is 6.31. The molecule has 2 saturated heterocycles. The summed E-state index contributed by atoms with van der Waals surface area (Å²) < 4.78 is 28.9. The molecule has 0 radical (unpaired) electrons. The van der Waals surface area contributed by atoms with Gasteiger partial charge in [0.05, 0.1) is 4.90 Å². The van der Waals surface area contributed by atoms with Gasteiger partial charge in [-0.25, -0.2) is 8.42 Å². The lowest BCUT2D eigenvalue weighted by Crippen LogP contribution is -2.47. The minimum atomic E-state index is -3.69. The maximum absolute atomic E-state index is 13.7. The Hall–Kier alpha value is -1.52. The van der Waals surface area contributed by atoms with Crippen LogP contribution in [-0.2, 0) is 14.8 Å². The van der Waals surface area contributed by atoms with Crippen LogP contribution >= 0.6 is 0 Å². The van der Waals surface area contributed by atoms with Crippen molar-refractivity contribution in [2.45, 2.75) is 38.5 Å². The topological polar surface area (TPSA) is 76.2 Å². The van der Waals surface area contributed by atoms with Crippen molar-refractivity contribution in [3.8, 4) is 0 Å². The van der Waals surface area contributed by atoms with Crippen molar-refractivity contribution in [1.29, 1.82) is 0 Å². The average Bonchev–Trinajstić information content (AvgIpc) is 2.79. The summed E-state index contributed by atoms with van der Waals surface area (Å²) in [5, 5.41) is 3.25. The lowest BCUT2D eigenvalue weighted by atomic mass is 10.1. The number of hydrogen-bond acceptors (Lipinski definition) is 6. The number of hydrogen-bond donors (Lipinski definition) is 1. The quantitative estimate of drug-likeness (QED) is 0.571. The zero-order valence-corrected chi connectivity index (χ0v) is 21.6. The first kappa shape index (κ1) is 26.1. The van der Waals surface area contributed by atoms with Gasteiger partial charge in [0.15, 0.2) is 0 Å². The molecule has 3 rings (SSSR count). The van der Waals surface area contributed by atoms with Crippen LogP contribution in [0.15, 0.2) is 17.0 Å². The molecule has 0 unspecified atom stereocenters. The Labute approximate surface area is 200 Å². The molecule has 33 heavy (non-hydrogen) atoms. The number of carbonyl (C=O) groups excluding carboxylic acids is 1. The van der Waals surface area contributed by atoms with Crippen molar-refractivity contribution in [2.24, 2.45) is 0 Å². The van der Waals surface area contributed by atoms with Crippen molar-refractivity contribution in [3.05, 3.63) is 28.8 Å². The van der Waals surface area contributed by atoms with Crippen LogP contribution in [0.1, 0.15) is 29.5 Å². The average molecular weight is 480 g/mol. The molecule has 1 aromatic carbocycles. The van der Waals surface area contributed by atoms with E-state index < -0.39 is 10.0 Å². The van der Waals surface area contributed by atoms with E-state index in [-0.39, 0.29) is 18.9 Å². The smallest absolute Gasteiger partial charge is 0.243 e. The highest BCUT2D eigenvalue weighted by atomic mass is 32.2. The summed E-state index contributed by atoms with van der Waals surface area (Å²) in [5.74, 6) is 0.0348. The van der Waals surface area contributed by atoms with E-state index in [0.29, 0.717) is 24.5 Å². The first-order valence-corrected chi connectivity index (χ1v) is 13.6. The second kappa shape index (κ2) is 11.8. The number of piperazine rings is 2. The highest BCUT2D eigenvalue weighted by molar-refractivity contribution is 7.89. The Morgan fingerprint density at radius 2 is 1.58 bits per heavy atom. The molecule has 0 bridgehead atoms. The van der Waals surface area contributed by atoms with Gasteiger partial charge >= 0.3 is 0 Å². The fraction of sp³-hybridized carbons (Fsp3) is 0.708. The standard InChI is InChI=1S/C24H41N5O3S/c1-20-18-22(3)23(19-21(20)2)33(31,32)29(10-5-9-27-16-14-26(4)15-17-27)11-6-24(30)28-12-7-25-8-13-28/h18-19,25H,5-17H2,1-4H3. The Kier molecular flexibility index (Phi) is 9.29. The molecule has 2 heterocycles. The Bertz CT molecular complexity index is 907. The third kappa shape index (κ3) is 6.99. The predicted octanol–water partition coefficient (Wildman–Crippen LogP) is 1.06. The molecule has 8 nitrogen and oxygen atoms in total. The Morgan fingerprint density at radius 1 is 0.939 bits per heavy atom. The maximum Gasteiger partial charge on any atom is 0.243 e. The van der Waals surface area contributed by atoms with Gasteiger partial charge in [-0.3, -0.25) is 4.79 Å². The van der Waals surface area contributed by atoms with Crippen LogP contribution in [0.5, 0.6) is 0 Å². The summed E-state index contributed by atoms with van der Waals surface area (Å²) in [4.78, 5) is 19.7. The molecule has 0 atom stereocenters. The molecule has 0 spiro atoms. The van der Waals surface area contributed by atoms with Gasteiger partial charge in [0, 0.05) is 71.9 Å². The maximum atomic E-state index is 13.7. The number of sulfonamides is 1. The highest BCUT2D eigenvalue weighted by Gasteiger charge is 2.28. The number of nitrogens with zero attached hydrogens (tertiary/aromatic N) is 4. The zero-order valence-electron chi connectivity index (χ0n) is 20.8. The molecule has 186 valence electrons. The first-order chi connectivity index (χ1) is 15.7. The van der Waals surface area contributed by atoms with Gasteiger partial charge in [-0.05, 0) is 63.5 Å². The summed E-state index contributed by atoms with van der Waals surface area (Å²) in [6.45, 7) is 14.4. The number of aryl methyl sites for hydroxylation is 3. The molecule has 1 N–H and O–H groups in total. The van der Waals surface area contributed by atoms with Crippen LogP contribution in [0.3, 0.4) is 0 Å². The largest absolute Gasteiger partial charge is 0.340 e. The third-order valence-corrected chi connectivity index (χ3v) is 8.97. The fourth-order valence-electron chi connectivity index (χ4n) is 4.54. The van der Waals surface area contributed by atoms with Crippen molar-refractivity contribution >= 4 is 15.9 Å². The summed E-state index contributed by atoms with van der Waals surface area (Å²) in [5.41, 5.74) is 2.81. The minimum absolute atomic E-state index is 0.0348. The molecule has 1 aromatic rings. The Balaban J connectivity index is 1.70. The SMILES string of the molecule is Cc1cc(C)c(S(=O)(=O)N(CCCN2CCN(C)CC2)CCC(=O)N2CCNCC2)cc1C. The van der Waals surface area contributed by atoms with Crippen LogP contribution in [0.2, 0.25) is 0 Å². The molecule has 1 amide bonds. The van der Waals surface area contributed by atoms with Gasteiger partial charge < -0.3 is 20.0 Å². The molecule has 2 aliphatic heterocycles. The van der Waals surface area contributed by atoms with Gasteiger partial charge in [-0.15, -0.1) is 0 Å². The van der Waals surface area contributed by atoms with Crippen molar-refractivity contribution < 1.29 is 13.2 Å². The molecule has 0 aromatic heterocycles. The summed E-state index contributed by atoms with van der Waals surface area (Å²) in [7, 11) is -1.55. The van der Waals surface area contributed by atoms with E-state index in [1.54, 1.807) is 10.4 Å². The van der Waals surface area contributed by atoms with Crippen LogP contribution < -0.4 is 5.32 Å². The van der Waals surface area contributed by atoms with E-state index in [2.05, 4.69) is 22.2 Å². The summed E-state index contributed by atoms with van der Waals surface area (Å²) in [6.07, 6.45) is 0.978. The normalized spacial score (nSPS) is 18.8. The molecule has 2 fully saturated rings. The molecule has 0 saturated carbocycles. The molecular weight excluding hydrogens is 438 g/mol. The second-order valence-corrected chi connectivity index (χ2v) is 11.4. The minimum Gasteiger partial charge on any atom is -0.340 e. The van der Waals surface area contributed by atoms with Gasteiger partial charge in [0.2, 0.25) is 15.9 Å². The van der Waals surface area contributed by atoms with E-state index in [4.69, 9.17) is 0 Å². The summed E-state index contributed by atoms with van der Waals surface area (Å²) in [6, 6.07) is 3.72. The number of likely N-dealkylation sites (N-methyl/N-ethyl adjacent to an activating group) is 1.